The number of carbonyl (C=O) groups is 2. The van der Waals surface area contributed by atoms with Crippen molar-refractivity contribution in [3.05, 3.63) is 70.2 Å². The Bertz CT molecular complexity index is 987. The van der Waals surface area contributed by atoms with Crippen LogP contribution in [0.15, 0.2) is 53.9 Å². The zero-order valence-electron chi connectivity index (χ0n) is 14.7. The predicted octanol–water partition coefficient (Wildman–Crippen LogP) is 4.96. The molecule has 0 fully saturated rings. The van der Waals surface area contributed by atoms with Gasteiger partial charge in [0, 0.05) is 21.7 Å². The summed E-state index contributed by atoms with van der Waals surface area (Å²) in [7, 11) is 0. The van der Waals surface area contributed by atoms with Gasteiger partial charge in [-0.05, 0) is 43.7 Å². The van der Waals surface area contributed by atoms with Gasteiger partial charge in [0.05, 0.1) is 0 Å². The van der Waals surface area contributed by atoms with E-state index in [1.165, 1.54) is 18.3 Å². The van der Waals surface area contributed by atoms with Crippen molar-refractivity contribution in [1.29, 1.82) is 0 Å². The summed E-state index contributed by atoms with van der Waals surface area (Å²) >= 11 is 7.29. The molecule has 1 aromatic heterocycles. The quantitative estimate of drug-likeness (QED) is 0.615. The Morgan fingerprint density at radius 2 is 1.96 bits per heavy atom. The molecule has 0 aliphatic heterocycles. The van der Waals surface area contributed by atoms with E-state index in [-0.39, 0.29) is 5.69 Å². The van der Waals surface area contributed by atoms with Crippen LogP contribution in [-0.4, -0.2) is 23.0 Å². The van der Waals surface area contributed by atoms with Crippen molar-refractivity contribution in [2.45, 2.75) is 20.0 Å². The van der Waals surface area contributed by atoms with Crippen molar-refractivity contribution >= 4 is 40.5 Å². The topological polar surface area (TPSA) is 68.3 Å². The van der Waals surface area contributed by atoms with Crippen molar-refractivity contribution in [2.75, 3.05) is 5.32 Å². The molecule has 7 heteroatoms. The molecule has 3 aromatic rings. The summed E-state index contributed by atoms with van der Waals surface area (Å²) < 4.78 is 5.24. The molecule has 2 aromatic carbocycles. The number of hydrogen-bond donors (Lipinski definition) is 1. The summed E-state index contributed by atoms with van der Waals surface area (Å²) in [6.45, 7) is 3.45. The number of aryl methyl sites for hydroxylation is 1. The minimum absolute atomic E-state index is 0.158. The Labute approximate surface area is 166 Å². The third-order valence-electron chi connectivity index (χ3n) is 3.72. The lowest BCUT2D eigenvalue weighted by atomic mass is 10.2. The number of nitrogens with one attached hydrogen (secondary N) is 1. The molecule has 0 saturated carbocycles. The van der Waals surface area contributed by atoms with Gasteiger partial charge in [0.2, 0.25) is 0 Å². The summed E-state index contributed by atoms with van der Waals surface area (Å²) in [6, 6.07) is 14.6. The first-order chi connectivity index (χ1) is 12.9. The molecular formula is C20H17ClN2O3S. The third kappa shape index (κ3) is 4.93. The molecule has 1 atom stereocenters. The van der Waals surface area contributed by atoms with E-state index >= 15 is 0 Å². The SMILES string of the molecule is Cc1cccc(NC(=O)C(C)OC(=O)c2csc(-c3cccc(Cl)c3)n2)c1. The maximum atomic E-state index is 12.3. The lowest BCUT2D eigenvalue weighted by molar-refractivity contribution is -0.123. The molecule has 0 aliphatic rings. The number of thiazole rings is 1. The van der Waals surface area contributed by atoms with Crippen LogP contribution in [0.5, 0.6) is 0 Å². The second kappa shape index (κ2) is 8.33. The summed E-state index contributed by atoms with van der Waals surface area (Å²) in [5.74, 6) is -1.05. The molecule has 5 nitrogen and oxygen atoms in total. The average Bonchev–Trinajstić information content (AvgIpc) is 3.12. The molecule has 0 aliphatic carbocycles. The summed E-state index contributed by atoms with van der Waals surface area (Å²) in [5, 5.41) is 5.57. The van der Waals surface area contributed by atoms with E-state index in [0.717, 1.165) is 11.1 Å². The Kier molecular flexibility index (Phi) is 5.88. The lowest BCUT2D eigenvalue weighted by Gasteiger charge is -2.13. The molecule has 27 heavy (non-hydrogen) atoms. The Morgan fingerprint density at radius 3 is 2.70 bits per heavy atom. The van der Waals surface area contributed by atoms with Crippen LogP contribution in [0.25, 0.3) is 10.6 Å². The van der Waals surface area contributed by atoms with Crippen molar-refractivity contribution < 1.29 is 14.3 Å². The third-order valence-corrected chi connectivity index (χ3v) is 4.85. The highest BCUT2D eigenvalue weighted by atomic mass is 35.5. The second-order valence-corrected chi connectivity index (χ2v) is 7.25. The number of hydrogen-bond acceptors (Lipinski definition) is 5. The van der Waals surface area contributed by atoms with E-state index in [1.807, 2.05) is 37.3 Å². The molecule has 0 spiro atoms. The first kappa shape index (κ1) is 19.1. The number of halogens is 1. The van der Waals surface area contributed by atoms with Gasteiger partial charge in [0.25, 0.3) is 5.91 Å². The fourth-order valence-electron chi connectivity index (χ4n) is 2.36. The molecule has 138 valence electrons. The van der Waals surface area contributed by atoms with Crippen LogP contribution in [0.2, 0.25) is 5.02 Å². The normalized spacial score (nSPS) is 11.7. The molecule has 0 radical (unpaired) electrons. The van der Waals surface area contributed by atoms with E-state index in [0.29, 0.717) is 15.7 Å². The highest BCUT2D eigenvalue weighted by Gasteiger charge is 2.21. The van der Waals surface area contributed by atoms with Crippen LogP contribution < -0.4 is 5.32 Å². The second-order valence-electron chi connectivity index (χ2n) is 5.95. The van der Waals surface area contributed by atoms with Crippen LogP contribution in [0.1, 0.15) is 23.0 Å². The van der Waals surface area contributed by atoms with Crippen molar-refractivity contribution in [1.82, 2.24) is 4.98 Å². The molecule has 1 unspecified atom stereocenters. The highest BCUT2D eigenvalue weighted by molar-refractivity contribution is 7.13. The number of ether oxygens (including phenoxy) is 1. The standard InChI is InChI=1S/C20H17ClN2O3S/c1-12-5-3-8-16(9-12)22-18(24)13(2)26-20(25)17-11-27-19(23-17)14-6-4-7-15(21)10-14/h3-11,13H,1-2H3,(H,22,24). The van der Waals surface area contributed by atoms with E-state index in [1.54, 1.807) is 23.6 Å². The number of anilines is 1. The number of nitrogens with zero attached hydrogens (tertiary/aromatic N) is 1. The van der Waals surface area contributed by atoms with Crippen LogP contribution in [0, 0.1) is 6.92 Å². The number of esters is 1. The minimum atomic E-state index is -0.950. The van der Waals surface area contributed by atoms with Gasteiger partial charge in [-0.2, -0.15) is 0 Å². The number of benzene rings is 2. The van der Waals surface area contributed by atoms with Gasteiger partial charge in [-0.1, -0.05) is 35.9 Å². The van der Waals surface area contributed by atoms with Crippen molar-refractivity contribution in [2.24, 2.45) is 0 Å². The first-order valence-electron chi connectivity index (χ1n) is 8.22. The highest BCUT2D eigenvalue weighted by Crippen LogP contribution is 2.26. The van der Waals surface area contributed by atoms with Gasteiger partial charge in [-0.25, -0.2) is 9.78 Å². The van der Waals surface area contributed by atoms with Gasteiger partial charge in [-0.3, -0.25) is 4.79 Å². The van der Waals surface area contributed by atoms with Gasteiger partial charge in [-0.15, -0.1) is 11.3 Å². The Balaban J connectivity index is 1.64. The first-order valence-corrected chi connectivity index (χ1v) is 9.48. The molecular weight excluding hydrogens is 384 g/mol. The summed E-state index contributed by atoms with van der Waals surface area (Å²) in [4.78, 5) is 28.8. The van der Waals surface area contributed by atoms with Crippen molar-refractivity contribution in [3.8, 4) is 10.6 Å². The van der Waals surface area contributed by atoms with Crippen LogP contribution in [0.3, 0.4) is 0 Å². The zero-order chi connectivity index (χ0) is 19.4. The van der Waals surface area contributed by atoms with Crippen LogP contribution in [-0.2, 0) is 9.53 Å². The average molecular weight is 401 g/mol. The largest absolute Gasteiger partial charge is 0.448 e. The fraction of sp³-hybridized carbons (Fsp3) is 0.150. The number of aromatic nitrogens is 1. The van der Waals surface area contributed by atoms with E-state index in [9.17, 15) is 9.59 Å². The smallest absolute Gasteiger partial charge is 0.358 e. The van der Waals surface area contributed by atoms with E-state index < -0.39 is 18.0 Å². The van der Waals surface area contributed by atoms with Crippen LogP contribution >= 0.6 is 22.9 Å². The number of amides is 1. The molecule has 1 N–H and O–H groups in total. The molecule has 1 heterocycles. The Hall–Kier alpha value is -2.70. The maximum absolute atomic E-state index is 12.3. The number of carbonyl (C=O) groups excluding carboxylic acids is 2. The fourth-order valence-corrected chi connectivity index (χ4v) is 3.34. The lowest BCUT2D eigenvalue weighted by Crippen LogP contribution is -2.30. The van der Waals surface area contributed by atoms with Crippen molar-refractivity contribution in [3.63, 3.8) is 0 Å². The number of rotatable bonds is 5. The van der Waals surface area contributed by atoms with E-state index in [2.05, 4.69) is 10.3 Å². The maximum Gasteiger partial charge on any atom is 0.358 e. The monoisotopic (exact) mass is 400 g/mol. The van der Waals surface area contributed by atoms with Gasteiger partial charge < -0.3 is 10.1 Å². The summed E-state index contributed by atoms with van der Waals surface area (Å²) in [6.07, 6.45) is -0.950. The zero-order valence-corrected chi connectivity index (χ0v) is 16.3. The molecule has 0 saturated heterocycles. The van der Waals surface area contributed by atoms with Gasteiger partial charge in [0.15, 0.2) is 11.8 Å². The Morgan fingerprint density at radius 1 is 1.19 bits per heavy atom. The molecule has 3 rings (SSSR count). The minimum Gasteiger partial charge on any atom is -0.448 e. The van der Waals surface area contributed by atoms with Crippen LogP contribution in [0.4, 0.5) is 5.69 Å². The van der Waals surface area contributed by atoms with E-state index in [4.69, 9.17) is 16.3 Å². The summed E-state index contributed by atoms with van der Waals surface area (Å²) in [5.41, 5.74) is 2.65. The predicted molar refractivity (Wildman–Crippen MR) is 107 cm³/mol. The van der Waals surface area contributed by atoms with Gasteiger partial charge in [0.1, 0.15) is 5.01 Å². The van der Waals surface area contributed by atoms with Gasteiger partial charge >= 0.3 is 5.97 Å². The molecule has 1 amide bonds. The molecule has 0 bridgehead atoms.